The van der Waals surface area contributed by atoms with E-state index in [2.05, 4.69) is 15.3 Å². The Bertz CT molecular complexity index is 1120. The normalized spacial score (nSPS) is 24.1. The van der Waals surface area contributed by atoms with Crippen LogP contribution in [-0.2, 0) is 4.79 Å². The van der Waals surface area contributed by atoms with Crippen LogP contribution in [0.4, 0.5) is 0 Å². The molecular weight excluding hydrogens is 404 g/mol. The van der Waals surface area contributed by atoms with Crippen molar-refractivity contribution in [1.82, 2.24) is 19.7 Å². The van der Waals surface area contributed by atoms with Crippen LogP contribution in [0.2, 0.25) is 5.02 Å². The second kappa shape index (κ2) is 6.80. The molecule has 2 aromatic heterocycles. The first-order chi connectivity index (χ1) is 14.4. The second-order valence-corrected chi connectivity index (χ2v) is 9.04. The Morgan fingerprint density at radius 2 is 2.10 bits per heavy atom. The van der Waals surface area contributed by atoms with Crippen molar-refractivity contribution in [3.8, 4) is 5.75 Å². The number of carbonyl (C=O) groups is 2. The number of halogens is 1. The predicted octanol–water partition coefficient (Wildman–Crippen LogP) is 3.38. The Kier molecular flexibility index (Phi) is 4.32. The number of benzene rings is 1. The lowest BCUT2D eigenvalue weighted by molar-refractivity contribution is -0.162. The van der Waals surface area contributed by atoms with Gasteiger partial charge in [0.15, 0.2) is 5.78 Å². The van der Waals surface area contributed by atoms with Crippen molar-refractivity contribution in [1.29, 1.82) is 0 Å². The summed E-state index contributed by atoms with van der Waals surface area (Å²) in [5.41, 5.74) is 1.08. The fourth-order valence-electron chi connectivity index (χ4n) is 4.90. The van der Waals surface area contributed by atoms with Gasteiger partial charge in [-0.2, -0.15) is 0 Å². The molecular formula is C22H21ClN4O3. The quantitative estimate of drug-likeness (QED) is 0.628. The molecule has 0 radical (unpaired) electrons. The zero-order valence-electron chi connectivity index (χ0n) is 16.5. The van der Waals surface area contributed by atoms with E-state index < -0.39 is 0 Å². The van der Waals surface area contributed by atoms with Crippen LogP contribution in [0.5, 0.6) is 5.75 Å². The minimum Gasteiger partial charge on any atom is -0.486 e. The van der Waals surface area contributed by atoms with E-state index >= 15 is 0 Å². The third kappa shape index (κ3) is 3.33. The van der Waals surface area contributed by atoms with E-state index in [0.29, 0.717) is 28.7 Å². The van der Waals surface area contributed by atoms with Gasteiger partial charge in [-0.25, -0.2) is 9.97 Å². The van der Waals surface area contributed by atoms with Gasteiger partial charge >= 0.3 is 0 Å². The van der Waals surface area contributed by atoms with Crippen molar-refractivity contribution in [3.05, 3.63) is 59.1 Å². The van der Waals surface area contributed by atoms with Crippen LogP contribution in [0, 0.1) is 12.3 Å². The Morgan fingerprint density at radius 3 is 2.83 bits per heavy atom. The van der Waals surface area contributed by atoms with Crippen LogP contribution in [0.1, 0.15) is 41.7 Å². The van der Waals surface area contributed by atoms with Gasteiger partial charge in [-0.3, -0.25) is 14.0 Å². The summed E-state index contributed by atoms with van der Waals surface area (Å²) in [6.45, 7) is 1.95. The topological polar surface area (TPSA) is 85.6 Å². The number of carbonyl (C=O) groups excluding carboxylic acids is 2. The van der Waals surface area contributed by atoms with E-state index in [9.17, 15) is 9.59 Å². The van der Waals surface area contributed by atoms with Crippen LogP contribution in [-0.4, -0.2) is 38.2 Å². The van der Waals surface area contributed by atoms with E-state index in [1.54, 1.807) is 41.2 Å². The smallest absolute Gasteiger partial charge is 0.271 e. The number of rotatable bonds is 7. The van der Waals surface area contributed by atoms with Crippen molar-refractivity contribution >= 4 is 29.1 Å². The highest BCUT2D eigenvalue weighted by atomic mass is 35.5. The van der Waals surface area contributed by atoms with Crippen molar-refractivity contribution in [2.75, 3.05) is 6.61 Å². The summed E-state index contributed by atoms with van der Waals surface area (Å²) in [7, 11) is 0. The molecule has 154 valence electrons. The Hall–Kier alpha value is -2.93. The molecule has 2 heterocycles. The molecule has 3 saturated carbocycles. The molecule has 1 N–H and O–H groups in total. The SMILES string of the molecule is Cc1cc(OCC(=O)CC23CC(NC(=O)c4cn5cccnc5n4)(C2)C3)ccc1Cl. The first kappa shape index (κ1) is 19.1. The number of hydrogen-bond donors (Lipinski definition) is 1. The minimum absolute atomic E-state index is 0.00407. The molecule has 8 heteroatoms. The molecule has 3 aliphatic rings. The van der Waals surface area contributed by atoms with Crippen LogP contribution >= 0.6 is 11.6 Å². The van der Waals surface area contributed by atoms with E-state index in [4.69, 9.17) is 16.3 Å². The molecule has 3 fully saturated rings. The summed E-state index contributed by atoms with van der Waals surface area (Å²) in [4.78, 5) is 33.4. The lowest BCUT2D eigenvalue weighted by Gasteiger charge is -2.70. The predicted molar refractivity (Wildman–Crippen MR) is 111 cm³/mol. The van der Waals surface area contributed by atoms with Gasteiger partial charge in [0, 0.05) is 35.6 Å². The summed E-state index contributed by atoms with van der Waals surface area (Å²) in [6.07, 6.45) is 8.08. The first-order valence-electron chi connectivity index (χ1n) is 9.88. The van der Waals surface area contributed by atoms with Crippen molar-refractivity contribution < 1.29 is 14.3 Å². The summed E-state index contributed by atoms with van der Waals surface area (Å²) >= 11 is 6.01. The van der Waals surface area contributed by atoms with Crippen LogP contribution in [0.15, 0.2) is 42.9 Å². The van der Waals surface area contributed by atoms with Crippen LogP contribution in [0.3, 0.4) is 0 Å². The molecule has 0 atom stereocenters. The number of fused-ring (bicyclic) bond motifs is 1. The molecule has 0 saturated heterocycles. The van der Waals surface area contributed by atoms with Gasteiger partial charge in [-0.05, 0) is 61.4 Å². The number of nitrogens with zero attached hydrogens (tertiary/aromatic N) is 3. The number of amides is 1. The summed E-state index contributed by atoms with van der Waals surface area (Å²) in [5, 5.41) is 3.78. The maximum atomic E-state index is 12.6. The number of aryl methyl sites for hydroxylation is 1. The number of nitrogens with one attached hydrogen (secondary N) is 1. The zero-order valence-corrected chi connectivity index (χ0v) is 17.3. The number of ether oxygens (including phenoxy) is 1. The number of aromatic nitrogens is 3. The summed E-state index contributed by atoms with van der Waals surface area (Å²) in [6, 6.07) is 7.15. The molecule has 7 nitrogen and oxygen atoms in total. The molecule has 0 aliphatic heterocycles. The first-order valence-corrected chi connectivity index (χ1v) is 10.3. The molecule has 6 rings (SSSR count). The standard InChI is InChI=1S/C22H21ClN4O3/c1-14-7-16(3-4-17(14)23)30-10-15(28)8-21-11-22(12-21,13-21)26-19(29)18-9-27-6-2-5-24-20(27)25-18/h2-7,9H,8,10-13H2,1H3,(H,26,29). The highest BCUT2D eigenvalue weighted by Gasteiger charge is 2.68. The van der Waals surface area contributed by atoms with E-state index in [0.717, 1.165) is 24.8 Å². The fourth-order valence-corrected chi connectivity index (χ4v) is 5.02. The molecule has 1 amide bonds. The monoisotopic (exact) mass is 424 g/mol. The van der Waals surface area contributed by atoms with Gasteiger partial charge in [-0.1, -0.05) is 11.6 Å². The highest BCUT2D eigenvalue weighted by Crippen LogP contribution is 2.69. The number of ketones is 1. The van der Waals surface area contributed by atoms with Gasteiger partial charge < -0.3 is 10.1 Å². The van der Waals surface area contributed by atoms with Crippen LogP contribution in [0.25, 0.3) is 5.78 Å². The zero-order chi connectivity index (χ0) is 20.9. The molecule has 1 aromatic carbocycles. The molecule has 0 spiro atoms. The van der Waals surface area contributed by atoms with Gasteiger partial charge in [-0.15, -0.1) is 0 Å². The molecule has 2 bridgehead atoms. The highest BCUT2D eigenvalue weighted by molar-refractivity contribution is 6.31. The molecule has 3 aromatic rings. The number of imidazole rings is 1. The number of hydrogen-bond acceptors (Lipinski definition) is 5. The third-order valence-corrected chi connectivity index (χ3v) is 6.51. The Morgan fingerprint density at radius 1 is 1.30 bits per heavy atom. The van der Waals surface area contributed by atoms with Gasteiger partial charge in [0.1, 0.15) is 18.1 Å². The van der Waals surface area contributed by atoms with Crippen molar-refractivity contribution in [2.24, 2.45) is 5.41 Å². The summed E-state index contributed by atoms with van der Waals surface area (Å²) < 4.78 is 7.34. The Labute approximate surface area is 178 Å². The minimum atomic E-state index is -0.200. The van der Waals surface area contributed by atoms with Gasteiger partial charge in [0.05, 0.1) is 0 Å². The lowest BCUT2D eigenvalue weighted by atomic mass is 9.38. The van der Waals surface area contributed by atoms with Crippen LogP contribution < -0.4 is 10.1 Å². The van der Waals surface area contributed by atoms with Gasteiger partial charge in [0.25, 0.3) is 5.91 Å². The second-order valence-electron chi connectivity index (χ2n) is 8.63. The maximum absolute atomic E-state index is 12.6. The van der Waals surface area contributed by atoms with Crippen molar-refractivity contribution in [3.63, 3.8) is 0 Å². The average molecular weight is 425 g/mol. The van der Waals surface area contributed by atoms with E-state index in [1.807, 2.05) is 13.0 Å². The van der Waals surface area contributed by atoms with E-state index in [1.165, 1.54) is 0 Å². The summed E-state index contributed by atoms with van der Waals surface area (Å²) in [5.74, 6) is 1.03. The van der Waals surface area contributed by atoms with Gasteiger partial charge in [0.2, 0.25) is 5.78 Å². The average Bonchev–Trinajstić information content (AvgIpc) is 3.10. The Balaban J connectivity index is 1.12. The molecule has 3 aliphatic carbocycles. The third-order valence-electron chi connectivity index (χ3n) is 6.09. The number of Topliss-reactive ketones (excluding diaryl/α,β-unsaturated/α-hetero) is 1. The molecule has 30 heavy (non-hydrogen) atoms. The maximum Gasteiger partial charge on any atom is 0.271 e. The van der Waals surface area contributed by atoms with Crippen molar-refractivity contribution in [2.45, 2.75) is 38.1 Å². The largest absolute Gasteiger partial charge is 0.486 e. The molecule has 0 unspecified atom stereocenters. The fraction of sp³-hybridized carbons (Fsp3) is 0.364. The van der Waals surface area contributed by atoms with E-state index in [-0.39, 0.29) is 29.3 Å². The lowest BCUT2D eigenvalue weighted by Crippen LogP contribution is -2.75.